The van der Waals surface area contributed by atoms with Gasteiger partial charge in [-0.3, -0.25) is 29.0 Å². The maximum Gasteiger partial charge on any atom is 0.330 e. The van der Waals surface area contributed by atoms with Crippen LogP contribution in [0.1, 0.15) is 42.5 Å². The zero-order chi connectivity index (χ0) is 24.3. The van der Waals surface area contributed by atoms with Gasteiger partial charge in [-0.05, 0) is 36.1 Å². The zero-order valence-electron chi connectivity index (χ0n) is 19.4. The van der Waals surface area contributed by atoms with Gasteiger partial charge in [-0.1, -0.05) is 43.7 Å². The summed E-state index contributed by atoms with van der Waals surface area (Å²) in [6.45, 7) is 2.68. The van der Waals surface area contributed by atoms with E-state index < -0.39 is 29.3 Å². The van der Waals surface area contributed by atoms with Gasteiger partial charge in [-0.2, -0.15) is 0 Å². The van der Waals surface area contributed by atoms with E-state index in [0.717, 1.165) is 22.4 Å². The third-order valence-electron chi connectivity index (χ3n) is 7.52. The van der Waals surface area contributed by atoms with Crippen LogP contribution in [-0.2, 0) is 22.4 Å². The number of hydrogen-bond acceptors (Lipinski definition) is 6. The summed E-state index contributed by atoms with van der Waals surface area (Å²) in [7, 11) is 0. The number of urea groups is 1. The van der Waals surface area contributed by atoms with Crippen LogP contribution in [0.5, 0.6) is 0 Å². The SMILES string of the molecule is CCCCN1C(=O)NC(=O)[C@]2(Cc3c(nc4ccccn4c3=O)N3CCc4ccccc4[C@@H]32)C1=O. The molecule has 2 aromatic heterocycles. The predicted molar refractivity (Wildman–Crippen MR) is 128 cm³/mol. The summed E-state index contributed by atoms with van der Waals surface area (Å²) in [4.78, 5) is 62.1. The second kappa shape index (κ2) is 7.76. The predicted octanol–water partition coefficient (Wildman–Crippen LogP) is 2.22. The van der Waals surface area contributed by atoms with Crippen molar-refractivity contribution in [3.8, 4) is 0 Å². The van der Waals surface area contributed by atoms with Crippen molar-refractivity contribution in [3.63, 3.8) is 0 Å². The molecule has 0 radical (unpaired) electrons. The molecule has 3 aromatic rings. The van der Waals surface area contributed by atoms with Crippen LogP contribution < -0.4 is 15.8 Å². The number of barbiturate groups is 1. The van der Waals surface area contributed by atoms with Crippen LogP contribution in [0.15, 0.2) is 53.5 Å². The molecular formula is C26H25N5O4. The summed E-state index contributed by atoms with van der Waals surface area (Å²) in [5.74, 6) is -0.700. The molecule has 3 aliphatic heterocycles. The minimum absolute atomic E-state index is 0.123. The minimum Gasteiger partial charge on any atom is -0.347 e. The number of rotatable bonds is 3. The number of fused-ring (bicyclic) bond motifs is 7. The second-order valence-corrected chi connectivity index (χ2v) is 9.41. The Morgan fingerprint density at radius 1 is 1.09 bits per heavy atom. The molecule has 1 spiro atoms. The number of hydrogen-bond donors (Lipinski definition) is 1. The number of nitrogens with one attached hydrogen (secondary N) is 1. The highest BCUT2D eigenvalue weighted by atomic mass is 16.2. The van der Waals surface area contributed by atoms with Crippen molar-refractivity contribution in [2.24, 2.45) is 5.41 Å². The molecule has 35 heavy (non-hydrogen) atoms. The Kier molecular flexibility index (Phi) is 4.77. The van der Waals surface area contributed by atoms with Crippen molar-refractivity contribution >= 4 is 29.3 Å². The molecule has 1 N–H and O–H groups in total. The van der Waals surface area contributed by atoms with Crippen molar-refractivity contribution in [3.05, 3.63) is 75.7 Å². The molecular weight excluding hydrogens is 446 g/mol. The van der Waals surface area contributed by atoms with E-state index in [-0.39, 0.29) is 18.5 Å². The zero-order valence-corrected chi connectivity index (χ0v) is 19.4. The third-order valence-corrected chi connectivity index (χ3v) is 7.52. The van der Waals surface area contributed by atoms with Gasteiger partial charge in [0.25, 0.3) is 5.56 Å². The van der Waals surface area contributed by atoms with Gasteiger partial charge in [0.15, 0.2) is 5.41 Å². The summed E-state index contributed by atoms with van der Waals surface area (Å²) in [6.07, 6.45) is 3.61. The fourth-order valence-corrected chi connectivity index (χ4v) is 5.83. The van der Waals surface area contributed by atoms with Gasteiger partial charge >= 0.3 is 6.03 Å². The largest absolute Gasteiger partial charge is 0.347 e. The first-order valence-electron chi connectivity index (χ1n) is 12.0. The van der Waals surface area contributed by atoms with Crippen LogP contribution >= 0.6 is 0 Å². The van der Waals surface area contributed by atoms with Crippen molar-refractivity contribution in [1.82, 2.24) is 19.6 Å². The molecule has 1 saturated heterocycles. The van der Waals surface area contributed by atoms with Crippen LogP contribution in [0.3, 0.4) is 0 Å². The molecule has 0 aliphatic carbocycles. The number of aromatic nitrogens is 2. The van der Waals surface area contributed by atoms with Gasteiger partial charge < -0.3 is 4.90 Å². The average Bonchev–Trinajstić information content (AvgIpc) is 2.87. The molecule has 6 rings (SSSR count). The molecule has 0 saturated carbocycles. The van der Waals surface area contributed by atoms with E-state index in [2.05, 4.69) is 5.32 Å². The van der Waals surface area contributed by atoms with E-state index in [0.29, 0.717) is 36.4 Å². The first-order valence-corrected chi connectivity index (χ1v) is 12.0. The Bertz CT molecular complexity index is 1460. The highest BCUT2D eigenvalue weighted by Crippen LogP contribution is 2.52. The van der Waals surface area contributed by atoms with E-state index in [1.807, 2.05) is 42.2 Å². The van der Waals surface area contributed by atoms with Crippen LogP contribution in [-0.4, -0.2) is 45.2 Å². The summed E-state index contributed by atoms with van der Waals surface area (Å²) in [6, 6.07) is 11.7. The molecule has 9 heteroatoms. The van der Waals surface area contributed by atoms with Gasteiger partial charge in [-0.25, -0.2) is 9.78 Å². The van der Waals surface area contributed by atoms with Crippen molar-refractivity contribution in [2.45, 2.75) is 38.6 Å². The highest BCUT2D eigenvalue weighted by Gasteiger charge is 2.64. The Hall–Kier alpha value is -4.01. The summed E-state index contributed by atoms with van der Waals surface area (Å²) in [5.41, 5.74) is 0.760. The number of anilines is 1. The normalized spacial score (nSPS) is 23.2. The number of unbranched alkanes of at least 4 members (excludes halogenated alkanes) is 1. The topological polar surface area (TPSA) is 104 Å². The Labute approximate surface area is 201 Å². The van der Waals surface area contributed by atoms with Crippen molar-refractivity contribution in [1.29, 1.82) is 0 Å². The van der Waals surface area contributed by atoms with E-state index >= 15 is 0 Å². The lowest BCUT2D eigenvalue weighted by Gasteiger charge is -2.53. The Balaban J connectivity index is 1.63. The molecule has 2 atom stereocenters. The lowest BCUT2D eigenvalue weighted by molar-refractivity contribution is -0.154. The smallest absolute Gasteiger partial charge is 0.330 e. The summed E-state index contributed by atoms with van der Waals surface area (Å²) >= 11 is 0. The Morgan fingerprint density at radius 3 is 2.71 bits per heavy atom. The van der Waals surface area contributed by atoms with E-state index in [1.165, 1.54) is 4.40 Å². The molecule has 3 aliphatic rings. The average molecular weight is 472 g/mol. The second-order valence-electron chi connectivity index (χ2n) is 9.41. The lowest BCUT2D eigenvalue weighted by Crippen LogP contribution is -2.70. The van der Waals surface area contributed by atoms with E-state index in [1.54, 1.807) is 18.3 Å². The van der Waals surface area contributed by atoms with Gasteiger partial charge in [0, 0.05) is 25.7 Å². The van der Waals surface area contributed by atoms with Crippen molar-refractivity contribution < 1.29 is 14.4 Å². The molecule has 1 fully saturated rings. The van der Waals surface area contributed by atoms with Crippen LogP contribution in [0.2, 0.25) is 0 Å². The molecule has 178 valence electrons. The van der Waals surface area contributed by atoms with Gasteiger partial charge in [0.1, 0.15) is 11.5 Å². The summed E-state index contributed by atoms with van der Waals surface area (Å²) in [5, 5.41) is 2.45. The monoisotopic (exact) mass is 471 g/mol. The molecule has 0 bridgehead atoms. The van der Waals surface area contributed by atoms with Gasteiger partial charge in [0.05, 0.1) is 11.6 Å². The van der Waals surface area contributed by atoms with Gasteiger partial charge in [0.2, 0.25) is 11.8 Å². The van der Waals surface area contributed by atoms with E-state index in [4.69, 9.17) is 4.98 Å². The standard InChI is InChI=1S/C26H25N5O4/c1-2-3-12-31-24(34)26(23(33)28-25(31)35)15-18-21(27-19-10-6-7-13-29(19)22(18)32)30-14-11-16-8-4-5-9-17(16)20(26)30/h4-10,13,20H,2-3,11-12,14-15H2,1H3,(H,28,33,35)/t20-,26-/m1/s1. The van der Waals surface area contributed by atoms with Gasteiger partial charge in [-0.15, -0.1) is 0 Å². The van der Waals surface area contributed by atoms with Crippen molar-refractivity contribution in [2.75, 3.05) is 18.0 Å². The Morgan fingerprint density at radius 2 is 1.89 bits per heavy atom. The number of carbonyl (C=O) groups is 3. The van der Waals surface area contributed by atoms with E-state index in [9.17, 15) is 19.2 Å². The number of carbonyl (C=O) groups excluding carboxylic acids is 3. The highest BCUT2D eigenvalue weighted by molar-refractivity contribution is 6.20. The van der Waals surface area contributed by atoms with Crippen LogP contribution in [0.25, 0.3) is 5.65 Å². The minimum atomic E-state index is -1.66. The quantitative estimate of drug-likeness (QED) is 0.588. The molecule has 9 nitrogen and oxygen atoms in total. The maximum atomic E-state index is 14.2. The summed E-state index contributed by atoms with van der Waals surface area (Å²) < 4.78 is 1.44. The number of amides is 4. The number of benzene rings is 1. The molecule has 5 heterocycles. The molecule has 1 aromatic carbocycles. The fraction of sp³-hybridized carbons (Fsp3) is 0.346. The maximum absolute atomic E-state index is 14.2. The number of nitrogens with zero attached hydrogens (tertiary/aromatic N) is 4. The molecule has 4 amide bonds. The first-order chi connectivity index (χ1) is 17.0. The fourth-order valence-electron chi connectivity index (χ4n) is 5.83. The van der Waals surface area contributed by atoms with Crippen LogP contribution in [0, 0.1) is 5.41 Å². The molecule has 0 unspecified atom stereocenters. The third kappa shape index (κ3) is 2.90. The lowest BCUT2D eigenvalue weighted by atomic mass is 9.65. The first kappa shape index (κ1) is 21.5. The number of pyridine rings is 1. The van der Waals surface area contributed by atoms with Crippen LogP contribution in [0.4, 0.5) is 10.6 Å². The number of imide groups is 2.